The first-order valence-electron chi connectivity index (χ1n) is 8.69. The molecule has 0 saturated carbocycles. The van der Waals surface area contributed by atoms with Gasteiger partial charge in [0.15, 0.2) is 0 Å². The van der Waals surface area contributed by atoms with Gasteiger partial charge in [-0.15, -0.1) is 0 Å². The Kier molecular flexibility index (Phi) is 5.25. The fourth-order valence-corrected chi connectivity index (χ4v) is 3.12. The van der Waals surface area contributed by atoms with Crippen molar-refractivity contribution in [3.63, 3.8) is 0 Å². The molecule has 0 fully saturated rings. The molecule has 2 aromatic rings. The first-order chi connectivity index (χ1) is 12.6. The summed E-state index contributed by atoms with van der Waals surface area (Å²) < 4.78 is 10.6. The second-order valence-electron chi connectivity index (χ2n) is 6.36. The average molecular weight is 356 g/mol. The van der Waals surface area contributed by atoms with Crippen LogP contribution in [0.15, 0.2) is 30.3 Å². The van der Waals surface area contributed by atoms with E-state index in [1.807, 2.05) is 29.2 Å². The molecule has 26 heavy (non-hydrogen) atoms. The molecule has 1 aliphatic heterocycles. The SMILES string of the molecule is CC[C@H](C)[C@H]1C(=O)Nc2ccccc2CN1c1nc(OC)cc(OC)n1. The Labute approximate surface area is 153 Å². The maximum Gasteiger partial charge on any atom is 0.247 e. The van der Waals surface area contributed by atoms with Crippen LogP contribution in [0.5, 0.6) is 11.8 Å². The molecule has 1 aromatic heterocycles. The van der Waals surface area contributed by atoms with Crippen LogP contribution in [0.1, 0.15) is 25.8 Å². The van der Waals surface area contributed by atoms with Crippen LogP contribution in [-0.2, 0) is 11.3 Å². The normalized spacial score (nSPS) is 17.8. The summed E-state index contributed by atoms with van der Waals surface area (Å²) in [6.45, 7) is 4.64. The predicted molar refractivity (Wildman–Crippen MR) is 99.6 cm³/mol. The zero-order valence-electron chi connectivity index (χ0n) is 15.5. The van der Waals surface area contributed by atoms with Gasteiger partial charge in [-0.05, 0) is 17.5 Å². The van der Waals surface area contributed by atoms with Crippen LogP contribution in [0.25, 0.3) is 0 Å². The first-order valence-corrected chi connectivity index (χ1v) is 8.69. The van der Waals surface area contributed by atoms with Crippen molar-refractivity contribution in [2.24, 2.45) is 5.92 Å². The van der Waals surface area contributed by atoms with E-state index in [-0.39, 0.29) is 11.8 Å². The number of para-hydroxylation sites is 1. The van der Waals surface area contributed by atoms with Crippen molar-refractivity contribution in [2.45, 2.75) is 32.9 Å². The highest BCUT2D eigenvalue weighted by atomic mass is 16.5. The van der Waals surface area contributed by atoms with E-state index < -0.39 is 6.04 Å². The van der Waals surface area contributed by atoms with E-state index in [1.54, 1.807) is 20.3 Å². The van der Waals surface area contributed by atoms with Gasteiger partial charge < -0.3 is 19.7 Å². The van der Waals surface area contributed by atoms with Crippen LogP contribution in [0.3, 0.4) is 0 Å². The van der Waals surface area contributed by atoms with Crippen molar-refractivity contribution in [3.8, 4) is 11.8 Å². The Bertz CT molecular complexity index is 774. The molecule has 7 nitrogen and oxygen atoms in total. The molecule has 0 radical (unpaired) electrons. The standard InChI is InChI=1S/C19H24N4O3/c1-5-12(2)17-18(24)20-14-9-7-6-8-13(14)11-23(17)19-21-15(25-3)10-16(22-19)26-4/h6-10,12,17H,5,11H2,1-4H3,(H,20,24)/t12-,17-/m0/s1. The highest BCUT2D eigenvalue weighted by Gasteiger charge is 2.35. The zero-order chi connectivity index (χ0) is 18.7. The minimum Gasteiger partial charge on any atom is -0.481 e. The summed E-state index contributed by atoms with van der Waals surface area (Å²) in [6.07, 6.45) is 0.853. The van der Waals surface area contributed by atoms with Gasteiger partial charge in [0.2, 0.25) is 23.6 Å². The average Bonchev–Trinajstić information content (AvgIpc) is 2.82. The number of benzene rings is 1. The maximum atomic E-state index is 13.0. The van der Waals surface area contributed by atoms with E-state index in [2.05, 4.69) is 29.1 Å². The van der Waals surface area contributed by atoms with Crippen LogP contribution < -0.4 is 19.7 Å². The summed E-state index contributed by atoms with van der Waals surface area (Å²) in [5.74, 6) is 1.26. The summed E-state index contributed by atoms with van der Waals surface area (Å²) in [5.41, 5.74) is 1.83. The third-order valence-corrected chi connectivity index (χ3v) is 4.75. The minimum absolute atomic E-state index is 0.0605. The Balaban J connectivity index is 2.12. The minimum atomic E-state index is -0.399. The van der Waals surface area contributed by atoms with Crippen LogP contribution in [0.4, 0.5) is 11.6 Å². The number of hydrogen-bond acceptors (Lipinski definition) is 6. The Morgan fingerprint density at radius 3 is 2.50 bits per heavy atom. The number of carbonyl (C=O) groups excluding carboxylic acids is 1. The lowest BCUT2D eigenvalue weighted by molar-refractivity contribution is -0.118. The lowest BCUT2D eigenvalue weighted by Crippen LogP contribution is -2.47. The first kappa shape index (κ1) is 18.0. The topological polar surface area (TPSA) is 76.6 Å². The van der Waals surface area contributed by atoms with Crippen LogP contribution in [-0.4, -0.2) is 36.1 Å². The molecule has 0 spiro atoms. The molecule has 0 aliphatic carbocycles. The van der Waals surface area contributed by atoms with Gasteiger partial charge in [-0.1, -0.05) is 38.5 Å². The molecule has 2 heterocycles. The Morgan fingerprint density at radius 2 is 1.88 bits per heavy atom. The molecule has 1 aliphatic rings. The number of amides is 1. The number of ether oxygens (including phenoxy) is 2. The molecule has 138 valence electrons. The Morgan fingerprint density at radius 1 is 1.23 bits per heavy atom. The van der Waals surface area contributed by atoms with E-state index >= 15 is 0 Å². The zero-order valence-corrected chi connectivity index (χ0v) is 15.5. The largest absolute Gasteiger partial charge is 0.481 e. The van der Waals surface area contributed by atoms with E-state index in [0.717, 1.165) is 17.7 Å². The molecule has 1 amide bonds. The molecule has 7 heteroatoms. The summed E-state index contributed by atoms with van der Waals surface area (Å²) in [4.78, 5) is 23.9. The number of rotatable bonds is 5. The fourth-order valence-electron chi connectivity index (χ4n) is 3.12. The number of aromatic nitrogens is 2. The van der Waals surface area contributed by atoms with Crippen molar-refractivity contribution in [1.82, 2.24) is 9.97 Å². The number of carbonyl (C=O) groups is 1. The van der Waals surface area contributed by atoms with Gasteiger partial charge in [0, 0.05) is 12.2 Å². The van der Waals surface area contributed by atoms with Crippen molar-refractivity contribution >= 4 is 17.5 Å². The monoisotopic (exact) mass is 356 g/mol. The number of nitrogens with one attached hydrogen (secondary N) is 1. The lowest BCUT2D eigenvalue weighted by Gasteiger charge is -2.32. The third kappa shape index (κ3) is 3.42. The van der Waals surface area contributed by atoms with E-state index in [9.17, 15) is 4.79 Å². The van der Waals surface area contributed by atoms with Gasteiger partial charge in [-0.25, -0.2) is 0 Å². The van der Waals surface area contributed by atoms with Gasteiger partial charge in [0.25, 0.3) is 0 Å². The van der Waals surface area contributed by atoms with Crippen LogP contribution >= 0.6 is 0 Å². The van der Waals surface area contributed by atoms with Crippen LogP contribution in [0, 0.1) is 5.92 Å². The van der Waals surface area contributed by atoms with Gasteiger partial charge in [-0.3, -0.25) is 4.79 Å². The highest BCUT2D eigenvalue weighted by Crippen LogP contribution is 2.31. The number of anilines is 2. The summed E-state index contributed by atoms with van der Waals surface area (Å²) in [5, 5.41) is 3.05. The third-order valence-electron chi connectivity index (χ3n) is 4.75. The number of nitrogens with zero attached hydrogens (tertiary/aromatic N) is 3. The van der Waals surface area contributed by atoms with Gasteiger partial charge in [0.05, 0.1) is 20.3 Å². The lowest BCUT2D eigenvalue weighted by atomic mass is 9.97. The summed E-state index contributed by atoms with van der Waals surface area (Å²) >= 11 is 0. The predicted octanol–water partition coefficient (Wildman–Crippen LogP) is 2.87. The van der Waals surface area contributed by atoms with Gasteiger partial charge in [-0.2, -0.15) is 9.97 Å². The molecule has 0 unspecified atom stereocenters. The van der Waals surface area contributed by atoms with E-state index in [0.29, 0.717) is 24.3 Å². The quantitative estimate of drug-likeness (QED) is 0.888. The molecule has 0 saturated heterocycles. The molecular formula is C19H24N4O3. The van der Waals surface area contributed by atoms with E-state index in [1.165, 1.54) is 0 Å². The van der Waals surface area contributed by atoms with Gasteiger partial charge >= 0.3 is 0 Å². The van der Waals surface area contributed by atoms with E-state index in [4.69, 9.17) is 9.47 Å². The van der Waals surface area contributed by atoms with Crippen molar-refractivity contribution in [1.29, 1.82) is 0 Å². The second-order valence-corrected chi connectivity index (χ2v) is 6.36. The molecule has 0 bridgehead atoms. The summed E-state index contributed by atoms with van der Waals surface area (Å²) in [7, 11) is 3.09. The summed E-state index contributed by atoms with van der Waals surface area (Å²) in [6, 6.07) is 9.01. The number of fused-ring (bicyclic) bond motifs is 1. The maximum absolute atomic E-state index is 13.0. The molecule has 1 aromatic carbocycles. The fraction of sp³-hybridized carbons (Fsp3) is 0.421. The number of methoxy groups -OCH3 is 2. The molecule has 2 atom stereocenters. The number of hydrogen-bond donors (Lipinski definition) is 1. The highest BCUT2D eigenvalue weighted by molar-refractivity contribution is 5.98. The second kappa shape index (κ2) is 7.59. The van der Waals surface area contributed by atoms with Gasteiger partial charge in [0.1, 0.15) is 6.04 Å². The van der Waals surface area contributed by atoms with Crippen molar-refractivity contribution in [2.75, 3.05) is 24.4 Å². The molecule has 3 rings (SSSR count). The van der Waals surface area contributed by atoms with Crippen LogP contribution in [0.2, 0.25) is 0 Å². The molecular weight excluding hydrogens is 332 g/mol. The Hall–Kier alpha value is -2.83. The van der Waals surface area contributed by atoms with Crippen molar-refractivity contribution in [3.05, 3.63) is 35.9 Å². The smallest absolute Gasteiger partial charge is 0.247 e. The van der Waals surface area contributed by atoms with Crippen molar-refractivity contribution < 1.29 is 14.3 Å². The molecule has 1 N–H and O–H groups in total.